The number of rotatable bonds is 2. The summed E-state index contributed by atoms with van der Waals surface area (Å²) in [6, 6.07) is 4.08. The van der Waals surface area contributed by atoms with Crippen molar-refractivity contribution in [2.75, 3.05) is 12.3 Å². The molecule has 2 rings (SSSR count). The first-order chi connectivity index (χ1) is 7.25. The van der Waals surface area contributed by atoms with Crippen LogP contribution in [-0.4, -0.2) is 17.5 Å². The van der Waals surface area contributed by atoms with Gasteiger partial charge in [0, 0.05) is 12.3 Å². The predicted octanol–water partition coefficient (Wildman–Crippen LogP) is 2.67. The topological polar surface area (TPSA) is 37.5 Å². The third kappa shape index (κ3) is 2.78. The fourth-order valence-electron chi connectivity index (χ4n) is 1.44. The van der Waals surface area contributed by atoms with Crippen LogP contribution in [0, 0.1) is 5.92 Å². The lowest BCUT2D eigenvalue weighted by molar-refractivity contribution is 0.463. The van der Waals surface area contributed by atoms with E-state index in [9.17, 15) is 0 Å². The van der Waals surface area contributed by atoms with Crippen molar-refractivity contribution < 1.29 is 4.42 Å². The Morgan fingerprint density at radius 1 is 1.67 bits per heavy atom. The first-order valence-electron chi connectivity index (χ1n) is 5.23. The molecular formula is C11H16N2OS. The van der Waals surface area contributed by atoms with Crippen molar-refractivity contribution in [2.45, 2.75) is 19.9 Å². The number of thioether (sulfide) groups is 1. The molecule has 0 aliphatic carbocycles. The zero-order chi connectivity index (χ0) is 10.7. The summed E-state index contributed by atoms with van der Waals surface area (Å²) in [5.41, 5.74) is 0. The molecule has 0 radical (unpaired) electrons. The van der Waals surface area contributed by atoms with Gasteiger partial charge in [-0.25, -0.2) is 0 Å². The van der Waals surface area contributed by atoms with Crippen LogP contribution in [-0.2, 0) is 0 Å². The average molecular weight is 224 g/mol. The monoisotopic (exact) mass is 224 g/mol. The van der Waals surface area contributed by atoms with E-state index in [-0.39, 0.29) is 6.04 Å². The Bertz CT molecular complexity index is 334. The van der Waals surface area contributed by atoms with Gasteiger partial charge in [0.2, 0.25) is 0 Å². The summed E-state index contributed by atoms with van der Waals surface area (Å²) in [4.78, 5) is 4.49. The van der Waals surface area contributed by atoms with Gasteiger partial charge in [0.15, 0.2) is 5.17 Å². The minimum absolute atomic E-state index is 0.194. The molecule has 1 aromatic heterocycles. The lowest BCUT2D eigenvalue weighted by atomic mass is 10.2. The molecule has 2 heterocycles. The van der Waals surface area contributed by atoms with E-state index in [2.05, 4.69) is 24.2 Å². The standard InChI is InChI=1S/C11H16N2OS/c1-8-6-12-11(15-7-8)13-9(2)10-4-3-5-14-10/h3-5,8-9H,6-7H2,1-2H3,(H,12,13). The van der Waals surface area contributed by atoms with Gasteiger partial charge < -0.3 is 9.73 Å². The molecule has 82 valence electrons. The second-order valence-electron chi connectivity index (χ2n) is 3.94. The highest BCUT2D eigenvalue weighted by molar-refractivity contribution is 8.13. The highest BCUT2D eigenvalue weighted by atomic mass is 32.2. The third-order valence-corrected chi connectivity index (χ3v) is 3.62. The molecule has 0 aromatic carbocycles. The molecule has 3 nitrogen and oxygen atoms in total. The highest BCUT2D eigenvalue weighted by Crippen LogP contribution is 2.19. The zero-order valence-electron chi connectivity index (χ0n) is 9.06. The second-order valence-corrected chi connectivity index (χ2v) is 4.95. The minimum Gasteiger partial charge on any atom is -0.467 e. The summed E-state index contributed by atoms with van der Waals surface area (Å²) in [5.74, 6) is 2.80. The molecule has 0 saturated carbocycles. The Labute approximate surface area is 94.3 Å². The molecule has 0 bridgehead atoms. The van der Waals surface area contributed by atoms with Crippen molar-refractivity contribution in [1.29, 1.82) is 0 Å². The van der Waals surface area contributed by atoms with Crippen molar-refractivity contribution in [3.63, 3.8) is 0 Å². The maximum absolute atomic E-state index is 5.33. The number of hydrogen-bond acceptors (Lipinski definition) is 4. The summed E-state index contributed by atoms with van der Waals surface area (Å²) >= 11 is 1.79. The van der Waals surface area contributed by atoms with E-state index < -0.39 is 0 Å². The first kappa shape index (κ1) is 10.6. The van der Waals surface area contributed by atoms with Crippen molar-refractivity contribution in [2.24, 2.45) is 10.9 Å². The average Bonchev–Trinajstić information content (AvgIpc) is 2.74. The lowest BCUT2D eigenvalue weighted by Gasteiger charge is -2.20. The molecule has 15 heavy (non-hydrogen) atoms. The molecule has 0 fully saturated rings. The van der Waals surface area contributed by atoms with Crippen molar-refractivity contribution >= 4 is 16.9 Å². The van der Waals surface area contributed by atoms with Gasteiger partial charge in [0.25, 0.3) is 0 Å². The van der Waals surface area contributed by atoms with Crippen molar-refractivity contribution in [3.05, 3.63) is 24.2 Å². The van der Waals surface area contributed by atoms with E-state index in [0.29, 0.717) is 5.92 Å². The Balaban J connectivity index is 1.92. The van der Waals surface area contributed by atoms with Gasteiger partial charge >= 0.3 is 0 Å². The number of aliphatic imine (C=N–C) groups is 1. The SMILES string of the molecule is CC1CN=C(NC(C)c2ccco2)SC1. The number of nitrogens with one attached hydrogen (secondary N) is 1. The van der Waals surface area contributed by atoms with Crippen LogP contribution in [0.4, 0.5) is 0 Å². The molecule has 0 saturated heterocycles. The molecule has 1 aliphatic heterocycles. The smallest absolute Gasteiger partial charge is 0.157 e. The number of amidine groups is 1. The van der Waals surface area contributed by atoms with Crippen LogP contribution in [0.3, 0.4) is 0 Å². The zero-order valence-corrected chi connectivity index (χ0v) is 9.88. The van der Waals surface area contributed by atoms with Crippen molar-refractivity contribution in [3.8, 4) is 0 Å². The van der Waals surface area contributed by atoms with Gasteiger partial charge in [-0.1, -0.05) is 18.7 Å². The summed E-state index contributed by atoms with van der Waals surface area (Å²) < 4.78 is 5.33. The van der Waals surface area contributed by atoms with Gasteiger partial charge in [-0.2, -0.15) is 0 Å². The summed E-state index contributed by atoms with van der Waals surface area (Å²) in [6.07, 6.45) is 1.70. The van der Waals surface area contributed by atoms with E-state index >= 15 is 0 Å². The number of hydrogen-bond donors (Lipinski definition) is 1. The predicted molar refractivity (Wildman–Crippen MR) is 64.2 cm³/mol. The van der Waals surface area contributed by atoms with Crippen LogP contribution in [0.1, 0.15) is 25.6 Å². The summed E-state index contributed by atoms with van der Waals surface area (Å²) in [7, 11) is 0. The summed E-state index contributed by atoms with van der Waals surface area (Å²) in [6.45, 7) is 5.24. The van der Waals surface area contributed by atoms with Gasteiger partial charge in [0.1, 0.15) is 5.76 Å². The van der Waals surface area contributed by atoms with E-state index in [0.717, 1.165) is 23.2 Å². The molecule has 2 unspecified atom stereocenters. The molecule has 4 heteroatoms. The maximum Gasteiger partial charge on any atom is 0.157 e. The Morgan fingerprint density at radius 2 is 2.53 bits per heavy atom. The largest absolute Gasteiger partial charge is 0.467 e. The fraction of sp³-hybridized carbons (Fsp3) is 0.545. The second kappa shape index (κ2) is 4.75. The van der Waals surface area contributed by atoms with Gasteiger partial charge in [-0.05, 0) is 25.0 Å². The van der Waals surface area contributed by atoms with Gasteiger partial charge in [-0.15, -0.1) is 0 Å². The van der Waals surface area contributed by atoms with Crippen LogP contribution in [0.2, 0.25) is 0 Å². The maximum atomic E-state index is 5.33. The van der Waals surface area contributed by atoms with Crippen molar-refractivity contribution in [1.82, 2.24) is 5.32 Å². The third-order valence-electron chi connectivity index (χ3n) is 2.36. The summed E-state index contributed by atoms with van der Waals surface area (Å²) in [5, 5.41) is 4.40. The van der Waals surface area contributed by atoms with Gasteiger partial charge in [-0.3, -0.25) is 4.99 Å². The molecule has 0 spiro atoms. The highest BCUT2D eigenvalue weighted by Gasteiger charge is 2.15. The van der Waals surface area contributed by atoms with E-state index in [4.69, 9.17) is 4.42 Å². The van der Waals surface area contributed by atoms with E-state index in [1.54, 1.807) is 18.0 Å². The number of nitrogens with zero attached hydrogens (tertiary/aromatic N) is 1. The molecule has 1 aliphatic rings. The van der Waals surface area contributed by atoms with Crippen LogP contribution >= 0.6 is 11.8 Å². The molecule has 2 atom stereocenters. The first-order valence-corrected chi connectivity index (χ1v) is 6.21. The molecular weight excluding hydrogens is 208 g/mol. The normalized spacial score (nSPS) is 23.3. The van der Waals surface area contributed by atoms with E-state index in [1.807, 2.05) is 12.1 Å². The molecule has 1 aromatic rings. The Kier molecular flexibility index (Phi) is 3.36. The van der Waals surface area contributed by atoms with Crippen LogP contribution < -0.4 is 5.32 Å². The quantitative estimate of drug-likeness (QED) is 0.839. The lowest BCUT2D eigenvalue weighted by Crippen LogP contribution is -2.28. The fourth-order valence-corrected chi connectivity index (χ4v) is 2.41. The molecule has 0 amide bonds. The Hall–Kier alpha value is -0.900. The van der Waals surface area contributed by atoms with Crippen LogP contribution in [0.5, 0.6) is 0 Å². The van der Waals surface area contributed by atoms with Crippen LogP contribution in [0.25, 0.3) is 0 Å². The van der Waals surface area contributed by atoms with E-state index in [1.165, 1.54) is 0 Å². The Morgan fingerprint density at radius 3 is 3.13 bits per heavy atom. The number of furan rings is 1. The van der Waals surface area contributed by atoms with Gasteiger partial charge in [0.05, 0.1) is 12.3 Å². The minimum atomic E-state index is 0.194. The van der Waals surface area contributed by atoms with Crippen LogP contribution in [0.15, 0.2) is 27.8 Å². The molecule has 1 N–H and O–H groups in total.